The van der Waals surface area contributed by atoms with Crippen LogP contribution in [0.1, 0.15) is 19.3 Å². The zero-order chi connectivity index (χ0) is 10.5. The summed E-state index contributed by atoms with van der Waals surface area (Å²) in [7, 11) is 0. The van der Waals surface area contributed by atoms with Crippen LogP contribution in [0.2, 0.25) is 5.02 Å². The molecule has 0 amide bonds. The molecular formula is C12H17ClN2. The SMILES string of the molecule is Clc1cccc(NCC2CCCCN2)c1. The number of halogens is 1. The van der Waals surface area contributed by atoms with E-state index < -0.39 is 0 Å². The number of piperidine rings is 1. The Morgan fingerprint density at radius 1 is 1.40 bits per heavy atom. The molecule has 2 rings (SSSR count). The molecule has 0 bridgehead atoms. The van der Waals surface area contributed by atoms with Gasteiger partial charge in [-0.2, -0.15) is 0 Å². The lowest BCUT2D eigenvalue weighted by atomic mass is 10.1. The predicted molar refractivity (Wildman–Crippen MR) is 65.6 cm³/mol. The van der Waals surface area contributed by atoms with Crippen LogP contribution in [0.5, 0.6) is 0 Å². The standard InChI is InChI=1S/C12H17ClN2/c13-10-4-3-6-11(8-10)15-9-12-5-1-2-7-14-12/h3-4,6,8,12,14-15H,1-2,5,7,9H2. The van der Waals surface area contributed by atoms with E-state index in [1.54, 1.807) is 0 Å². The van der Waals surface area contributed by atoms with E-state index in [0.717, 1.165) is 23.8 Å². The highest BCUT2D eigenvalue weighted by molar-refractivity contribution is 6.30. The summed E-state index contributed by atoms with van der Waals surface area (Å²) in [4.78, 5) is 0. The summed E-state index contributed by atoms with van der Waals surface area (Å²) in [5, 5.41) is 7.71. The van der Waals surface area contributed by atoms with Crippen molar-refractivity contribution in [3.05, 3.63) is 29.3 Å². The first-order valence-corrected chi connectivity index (χ1v) is 5.95. The van der Waals surface area contributed by atoms with Gasteiger partial charge in [-0.15, -0.1) is 0 Å². The van der Waals surface area contributed by atoms with Crippen LogP contribution in [0.15, 0.2) is 24.3 Å². The van der Waals surface area contributed by atoms with Gasteiger partial charge in [-0.25, -0.2) is 0 Å². The number of benzene rings is 1. The molecule has 2 nitrogen and oxygen atoms in total. The Kier molecular flexibility index (Phi) is 3.87. The number of hydrogen-bond donors (Lipinski definition) is 2. The van der Waals surface area contributed by atoms with Crippen LogP contribution >= 0.6 is 11.6 Å². The number of rotatable bonds is 3. The van der Waals surface area contributed by atoms with Gasteiger partial charge in [-0.1, -0.05) is 24.1 Å². The molecule has 1 atom stereocenters. The van der Waals surface area contributed by atoms with Crippen LogP contribution in [0, 0.1) is 0 Å². The maximum absolute atomic E-state index is 5.91. The van der Waals surface area contributed by atoms with Gasteiger partial charge in [0.05, 0.1) is 0 Å². The second kappa shape index (κ2) is 5.38. The Morgan fingerprint density at radius 2 is 2.33 bits per heavy atom. The van der Waals surface area contributed by atoms with Crippen molar-refractivity contribution < 1.29 is 0 Å². The van der Waals surface area contributed by atoms with Gasteiger partial charge in [0.25, 0.3) is 0 Å². The van der Waals surface area contributed by atoms with E-state index in [4.69, 9.17) is 11.6 Å². The Bertz CT molecular complexity index is 308. The molecule has 0 aliphatic carbocycles. The second-order valence-electron chi connectivity index (χ2n) is 4.04. The first-order chi connectivity index (χ1) is 7.34. The van der Waals surface area contributed by atoms with Crippen LogP contribution < -0.4 is 10.6 Å². The fourth-order valence-electron chi connectivity index (χ4n) is 1.94. The van der Waals surface area contributed by atoms with Crippen molar-refractivity contribution in [2.24, 2.45) is 0 Å². The van der Waals surface area contributed by atoms with Crippen LogP contribution in [0.25, 0.3) is 0 Å². The van der Waals surface area contributed by atoms with Gasteiger partial charge in [0.2, 0.25) is 0 Å². The lowest BCUT2D eigenvalue weighted by Gasteiger charge is -2.24. The van der Waals surface area contributed by atoms with Gasteiger partial charge < -0.3 is 10.6 Å². The molecule has 1 aliphatic rings. The molecule has 1 heterocycles. The topological polar surface area (TPSA) is 24.1 Å². The maximum Gasteiger partial charge on any atom is 0.0426 e. The maximum atomic E-state index is 5.91. The van der Waals surface area contributed by atoms with Gasteiger partial charge in [0.1, 0.15) is 0 Å². The minimum Gasteiger partial charge on any atom is -0.383 e. The average molecular weight is 225 g/mol. The van der Waals surface area contributed by atoms with Crippen molar-refractivity contribution in [1.82, 2.24) is 5.32 Å². The van der Waals surface area contributed by atoms with E-state index >= 15 is 0 Å². The molecule has 1 fully saturated rings. The summed E-state index contributed by atoms with van der Waals surface area (Å²) in [5.74, 6) is 0. The number of hydrogen-bond acceptors (Lipinski definition) is 2. The monoisotopic (exact) mass is 224 g/mol. The van der Waals surface area contributed by atoms with Crippen molar-refractivity contribution in [3.8, 4) is 0 Å². The van der Waals surface area contributed by atoms with E-state index in [-0.39, 0.29) is 0 Å². The first-order valence-electron chi connectivity index (χ1n) is 5.57. The molecule has 1 aromatic rings. The van der Waals surface area contributed by atoms with Gasteiger partial charge >= 0.3 is 0 Å². The molecule has 0 aromatic heterocycles. The third kappa shape index (κ3) is 3.40. The van der Waals surface area contributed by atoms with Gasteiger partial charge in [-0.3, -0.25) is 0 Å². The fraction of sp³-hybridized carbons (Fsp3) is 0.500. The van der Waals surface area contributed by atoms with Crippen LogP contribution in [0.3, 0.4) is 0 Å². The lowest BCUT2D eigenvalue weighted by molar-refractivity contribution is 0.414. The second-order valence-corrected chi connectivity index (χ2v) is 4.47. The number of anilines is 1. The van der Waals surface area contributed by atoms with Gasteiger partial charge in [-0.05, 0) is 37.6 Å². The highest BCUT2D eigenvalue weighted by Crippen LogP contribution is 2.15. The van der Waals surface area contributed by atoms with E-state index in [0.29, 0.717) is 6.04 Å². The van der Waals surface area contributed by atoms with Gasteiger partial charge in [0, 0.05) is 23.3 Å². The van der Waals surface area contributed by atoms with Crippen LogP contribution in [-0.4, -0.2) is 19.1 Å². The van der Waals surface area contributed by atoms with Crippen molar-refractivity contribution in [2.45, 2.75) is 25.3 Å². The largest absolute Gasteiger partial charge is 0.383 e. The zero-order valence-corrected chi connectivity index (χ0v) is 9.56. The molecule has 1 aromatic carbocycles. The molecular weight excluding hydrogens is 208 g/mol. The quantitative estimate of drug-likeness (QED) is 0.825. The summed E-state index contributed by atoms with van der Waals surface area (Å²) >= 11 is 5.91. The summed E-state index contributed by atoms with van der Waals surface area (Å²) in [6.45, 7) is 2.14. The Labute approximate surface area is 96.0 Å². The molecule has 0 saturated carbocycles. The van der Waals surface area contributed by atoms with Crippen molar-refractivity contribution in [2.75, 3.05) is 18.4 Å². The number of nitrogens with one attached hydrogen (secondary N) is 2. The molecule has 1 saturated heterocycles. The molecule has 0 radical (unpaired) electrons. The van der Waals surface area contributed by atoms with E-state index in [2.05, 4.69) is 16.7 Å². The summed E-state index contributed by atoms with van der Waals surface area (Å²) < 4.78 is 0. The zero-order valence-electron chi connectivity index (χ0n) is 8.80. The predicted octanol–water partition coefficient (Wildman–Crippen LogP) is 2.89. The molecule has 0 spiro atoms. The Hall–Kier alpha value is -0.730. The summed E-state index contributed by atoms with van der Waals surface area (Å²) in [6, 6.07) is 8.49. The average Bonchev–Trinajstić information content (AvgIpc) is 2.28. The van der Waals surface area contributed by atoms with E-state index in [9.17, 15) is 0 Å². The van der Waals surface area contributed by atoms with Crippen LogP contribution in [-0.2, 0) is 0 Å². The van der Waals surface area contributed by atoms with E-state index in [1.165, 1.54) is 19.3 Å². The molecule has 1 aliphatic heterocycles. The summed E-state index contributed by atoms with van der Waals surface area (Å²) in [5.41, 5.74) is 1.11. The highest BCUT2D eigenvalue weighted by atomic mass is 35.5. The lowest BCUT2D eigenvalue weighted by Crippen LogP contribution is -2.39. The minimum atomic E-state index is 0.609. The minimum absolute atomic E-state index is 0.609. The normalized spacial score (nSPS) is 21.3. The van der Waals surface area contributed by atoms with Crippen molar-refractivity contribution in [1.29, 1.82) is 0 Å². The first kappa shape index (κ1) is 10.8. The third-order valence-electron chi connectivity index (χ3n) is 2.79. The van der Waals surface area contributed by atoms with Crippen molar-refractivity contribution in [3.63, 3.8) is 0 Å². The molecule has 82 valence electrons. The summed E-state index contributed by atoms with van der Waals surface area (Å²) in [6.07, 6.45) is 3.93. The molecule has 3 heteroatoms. The fourth-order valence-corrected chi connectivity index (χ4v) is 2.13. The molecule has 2 N–H and O–H groups in total. The molecule has 1 unspecified atom stereocenters. The molecule has 15 heavy (non-hydrogen) atoms. The third-order valence-corrected chi connectivity index (χ3v) is 3.02. The smallest absolute Gasteiger partial charge is 0.0426 e. The van der Waals surface area contributed by atoms with Crippen LogP contribution in [0.4, 0.5) is 5.69 Å². The highest BCUT2D eigenvalue weighted by Gasteiger charge is 2.11. The Morgan fingerprint density at radius 3 is 3.07 bits per heavy atom. The van der Waals surface area contributed by atoms with Gasteiger partial charge in [0.15, 0.2) is 0 Å². The van der Waals surface area contributed by atoms with Crippen molar-refractivity contribution >= 4 is 17.3 Å². The Balaban J connectivity index is 1.81. The van der Waals surface area contributed by atoms with E-state index in [1.807, 2.05) is 18.2 Å².